The van der Waals surface area contributed by atoms with Crippen molar-refractivity contribution < 1.29 is 14.3 Å². The second-order valence-electron chi connectivity index (χ2n) is 4.08. The summed E-state index contributed by atoms with van der Waals surface area (Å²) in [5, 5.41) is 13.3. The number of imidazole rings is 1. The van der Waals surface area contributed by atoms with Gasteiger partial charge in [0.25, 0.3) is 0 Å². The molecule has 3 aromatic rings. The lowest BCUT2D eigenvalue weighted by Gasteiger charge is -1.98. The van der Waals surface area contributed by atoms with E-state index in [-0.39, 0.29) is 5.69 Å². The number of hydrogen-bond acceptors (Lipinski definition) is 4. The van der Waals surface area contributed by atoms with Crippen molar-refractivity contribution in [2.45, 2.75) is 12.8 Å². The number of carboxylic acids is 1. The Morgan fingerprint density at radius 1 is 1.32 bits per heavy atom. The Morgan fingerprint density at radius 2 is 2.21 bits per heavy atom. The van der Waals surface area contributed by atoms with Gasteiger partial charge in [0.05, 0.1) is 11.8 Å². The summed E-state index contributed by atoms with van der Waals surface area (Å²) in [6, 6.07) is 7.08. The van der Waals surface area contributed by atoms with Gasteiger partial charge in [0.2, 0.25) is 0 Å². The summed E-state index contributed by atoms with van der Waals surface area (Å²) in [6.07, 6.45) is 4.44. The highest BCUT2D eigenvalue weighted by Gasteiger charge is 2.17. The molecule has 0 saturated carbocycles. The molecule has 0 atom stereocenters. The topological polar surface area (TPSA) is 80.6 Å². The van der Waals surface area contributed by atoms with E-state index in [0.717, 1.165) is 5.76 Å². The van der Waals surface area contributed by atoms with Crippen LogP contribution in [0.3, 0.4) is 0 Å². The van der Waals surface area contributed by atoms with Crippen LogP contribution in [0.4, 0.5) is 0 Å². The van der Waals surface area contributed by atoms with Crippen LogP contribution < -0.4 is 0 Å². The van der Waals surface area contributed by atoms with Crippen molar-refractivity contribution in [2.75, 3.05) is 0 Å². The van der Waals surface area contributed by atoms with Crippen molar-refractivity contribution in [3.05, 3.63) is 54.0 Å². The van der Waals surface area contributed by atoms with Gasteiger partial charge in [0, 0.05) is 19.0 Å². The summed E-state index contributed by atoms with van der Waals surface area (Å²) >= 11 is 0. The molecule has 0 aliphatic heterocycles. The van der Waals surface area contributed by atoms with Gasteiger partial charge in [0.1, 0.15) is 11.6 Å². The highest BCUT2D eigenvalue weighted by atomic mass is 16.4. The molecule has 0 aliphatic rings. The highest BCUT2D eigenvalue weighted by Crippen LogP contribution is 2.14. The first-order valence-electron chi connectivity index (χ1n) is 5.84. The second-order valence-corrected chi connectivity index (χ2v) is 4.08. The standard InChI is InChI=1S/C13H11N3O3/c17-13(18)12-10-4-1-7-14-16(10)11(15-12)6-5-9-3-2-8-19-9/h1-4,7-8H,5-6H2,(H,17,18). The number of hydrogen-bond donors (Lipinski definition) is 1. The molecule has 0 bridgehead atoms. The number of aryl methyl sites for hydroxylation is 2. The monoisotopic (exact) mass is 257 g/mol. The maximum Gasteiger partial charge on any atom is 0.356 e. The molecule has 3 aromatic heterocycles. The summed E-state index contributed by atoms with van der Waals surface area (Å²) in [6.45, 7) is 0. The summed E-state index contributed by atoms with van der Waals surface area (Å²) in [5.74, 6) is 0.406. The minimum absolute atomic E-state index is 0.0301. The molecule has 6 heteroatoms. The van der Waals surface area contributed by atoms with E-state index in [1.54, 1.807) is 29.1 Å². The number of rotatable bonds is 4. The maximum absolute atomic E-state index is 11.1. The molecule has 1 N–H and O–H groups in total. The Labute approximate surface area is 108 Å². The molecule has 6 nitrogen and oxygen atoms in total. The predicted octanol–water partition coefficient (Wildman–Crippen LogP) is 1.81. The lowest BCUT2D eigenvalue weighted by molar-refractivity contribution is 0.0693. The molecule has 0 radical (unpaired) electrons. The van der Waals surface area contributed by atoms with Crippen molar-refractivity contribution in [1.82, 2.24) is 14.6 Å². The zero-order chi connectivity index (χ0) is 13.2. The Hall–Kier alpha value is -2.63. The third-order valence-electron chi connectivity index (χ3n) is 2.86. The average Bonchev–Trinajstić information content (AvgIpc) is 3.04. The summed E-state index contributed by atoms with van der Waals surface area (Å²) < 4.78 is 6.81. The van der Waals surface area contributed by atoms with Crippen LogP contribution in [-0.2, 0) is 12.8 Å². The van der Waals surface area contributed by atoms with Gasteiger partial charge in [-0.15, -0.1) is 0 Å². The Morgan fingerprint density at radius 3 is 2.95 bits per heavy atom. The number of carboxylic acid groups (broad SMARTS) is 1. The molecule has 0 aliphatic carbocycles. The van der Waals surface area contributed by atoms with Gasteiger partial charge in [-0.2, -0.15) is 5.10 Å². The van der Waals surface area contributed by atoms with Gasteiger partial charge in [-0.3, -0.25) is 0 Å². The van der Waals surface area contributed by atoms with Crippen LogP contribution in [0, 0.1) is 0 Å². The second kappa shape index (κ2) is 4.56. The molecule has 3 rings (SSSR count). The fourth-order valence-corrected chi connectivity index (χ4v) is 2.00. The number of fused-ring (bicyclic) bond motifs is 1. The van der Waals surface area contributed by atoms with Crippen LogP contribution >= 0.6 is 0 Å². The Bertz CT molecular complexity index is 716. The van der Waals surface area contributed by atoms with E-state index in [2.05, 4.69) is 10.1 Å². The third-order valence-corrected chi connectivity index (χ3v) is 2.86. The van der Waals surface area contributed by atoms with E-state index in [9.17, 15) is 4.79 Å². The van der Waals surface area contributed by atoms with Crippen molar-refractivity contribution >= 4 is 11.5 Å². The lowest BCUT2D eigenvalue weighted by Crippen LogP contribution is -1.99. The van der Waals surface area contributed by atoms with E-state index >= 15 is 0 Å². The normalized spacial score (nSPS) is 10.9. The maximum atomic E-state index is 11.1. The van der Waals surface area contributed by atoms with Gasteiger partial charge in [0.15, 0.2) is 5.69 Å². The predicted molar refractivity (Wildman–Crippen MR) is 66.1 cm³/mol. The molecular weight excluding hydrogens is 246 g/mol. The van der Waals surface area contributed by atoms with Crippen LogP contribution in [0.25, 0.3) is 5.52 Å². The van der Waals surface area contributed by atoms with Crippen LogP contribution in [0.5, 0.6) is 0 Å². The summed E-state index contributed by atoms with van der Waals surface area (Å²) in [7, 11) is 0. The van der Waals surface area contributed by atoms with E-state index < -0.39 is 5.97 Å². The van der Waals surface area contributed by atoms with E-state index in [4.69, 9.17) is 9.52 Å². The quantitative estimate of drug-likeness (QED) is 0.770. The van der Waals surface area contributed by atoms with Gasteiger partial charge in [-0.05, 0) is 24.3 Å². The minimum Gasteiger partial charge on any atom is -0.476 e. The molecule has 0 unspecified atom stereocenters. The smallest absolute Gasteiger partial charge is 0.356 e. The van der Waals surface area contributed by atoms with Crippen molar-refractivity contribution in [2.24, 2.45) is 0 Å². The molecule has 19 heavy (non-hydrogen) atoms. The van der Waals surface area contributed by atoms with Crippen molar-refractivity contribution in [1.29, 1.82) is 0 Å². The van der Waals surface area contributed by atoms with Crippen LogP contribution in [0.15, 0.2) is 41.1 Å². The molecule has 0 amide bonds. The largest absolute Gasteiger partial charge is 0.476 e. The number of carbonyl (C=O) groups is 1. The number of furan rings is 1. The SMILES string of the molecule is O=C(O)c1nc(CCc2ccco2)n2ncccc12. The van der Waals surface area contributed by atoms with E-state index in [1.165, 1.54) is 0 Å². The number of aromatic carboxylic acids is 1. The summed E-state index contributed by atoms with van der Waals surface area (Å²) in [5.41, 5.74) is 0.534. The van der Waals surface area contributed by atoms with Gasteiger partial charge >= 0.3 is 5.97 Å². The molecule has 0 saturated heterocycles. The van der Waals surface area contributed by atoms with Crippen molar-refractivity contribution in [3.8, 4) is 0 Å². The zero-order valence-corrected chi connectivity index (χ0v) is 9.98. The Kier molecular flexibility index (Phi) is 2.75. The van der Waals surface area contributed by atoms with Gasteiger partial charge in [-0.1, -0.05) is 0 Å². The lowest BCUT2D eigenvalue weighted by atomic mass is 10.2. The highest BCUT2D eigenvalue weighted by molar-refractivity contribution is 5.93. The van der Waals surface area contributed by atoms with Gasteiger partial charge in [-0.25, -0.2) is 14.3 Å². The average molecular weight is 257 g/mol. The first kappa shape index (κ1) is 11.5. The Balaban J connectivity index is 1.97. The van der Waals surface area contributed by atoms with Crippen LogP contribution in [-0.4, -0.2) is 25.7 Å². The number of aromatic nitrogens is 3. The molecule has 0 aromatic carbocycles. The van der Waals surface area contributed by atoms with Crippen LogP contribution in [0.1, 0.15) is 22.1 Å². The summed E-state index contributed by atoms with van der Waals surface area (Å²) in [4.78, 5) is 15.3. The van der Waals surface area contributed by atoms with Crippen LogP contribution in [0.2, 0.25) is 0 Å². The molecule has 96 valence electrons. The molecule has 0 spiro atoms. The van der Waals surface area contributed by atoms with E-state index in [1.807, 2.05) is 12.1 Å². The fourth-order valence-electron chi connectivity index (χ4n) is 2.00. The molecule has 0 fully saturated rings. The molecular formula is C13H11N3O3. The molecule has 3 heterocycles. The third kappa shape index (κ3) is 2.08. The first-order valence-corrected chi connectivity index (χ1v) is 5.84. The number of nitrogens with zero attached hydrogens (tertiary/aromatic N) is 3. The zero-order valence-electron chi connectivity index (χ0n) is 9.98. The fraction of sp³-hybridized carbons (Fsp3) is 0.154. The van der Waals surface area contributed by atoms with Crippen molar-refractivity contribution in [3.63, 3.8) is 0 Å². The van der Waals surface area contributed by atoms with E-state index in [0.29, 0.717) is 24.2 Å². The van der Waals surface area contributed by atoms with Gasteiger partial charge < -0.3 is 9.52 Å². The first-order chi connectivity index (χ1) is 9.25. The minimum atomic E-state index is -1.05.